The molecular formula is C26H26FNO3. The molecule has 4 nitrogen and oxygen atoms in total. The Bertz CT molecular complexity index is 1110. The summed E-state index contributed by atoms with van der Waals surface area (Å²) in [6.45, 7) is 3.87. The fourth-order valence-corrected chi connectivity index (χ4v) is 5.28. The Labute approximate surface area is 181 Å². The SMILES string of the molecule is CC(=O)c1ccc(F)c(-c2cc(C)cc3c2OC(CNC(=O)[C@@H]2C[C@H]4C=C[C@@H]2C4)C3)c1. The predicted molar refractivity (Wildman–Crippen MR) is 117 cm³/mol. The molecule has 0 spiro atoms. The molecule has 5 rings (SSSR count). The second kappa shape index (κ2) is 7.63. The van der Waals surface area contributed by atoms with Crippen molar-refractivity contribution in [3.8, 4) is 16.9 Å². The molecule has 1 heterocycles. The molecule has 1 saturated carbocycles. The Balaban J connectivity index is 1.34. The number of halogens is 1. The number of allylic oxidation sites excluding steroid dienone is 2. The van der Waals surface area contributed by atoms with Crippen LogP contribution in [0.15, 0.2) is 42.5 Å². The van der Waals surface area contributed by atoms with Crippen LogP contribution in [0.2, 0.25) is 0 Å². The Morgan fingerprint density at radius 2 is 1.97 bits per heavy atom. The zero-order valence-electron chi connectivity index (χ0n) is 17.8. The minimum absolute atomic E-state index is 0.0694. The molecule has 1 amide bonds. The van der Waals surface area contributed by atoms with Crippen molar-refractivity contribution in [1.29, 1.82) is 0 Å². The number of hydrogen-bond donors (Lipinski definition) is 1. The van der Waals surface area contributed by atoms with Crippen molar-refractivity contribution in [2.45, 2.75) is 39.2 Å². The van der Waals surface area contributed by atoms with Gasteiger partial charge in [0.05, 0.1) is 6.54 Å². The molecule has 2 aromatic rings. The van der Waals surface area contributed by atoms with Gasteiger partial charge in [0, 0.05) is 29.0 Å². The van der Waals surface area contributed by atoms with Crippen molar-refractivity contribution in [1.82, 2.24) is 5.32 Å². The van der Waals surface area contributed by atoms with E-state index in [0.29, 0.717) is 47.2 Å². The lowest BCUT2D eigenvalue weighted by atomic mass is 9.93. The zero-order valence-corrected chi connectivity index (χ0v) is 17.8. The maximum atomic E-state index is 14.7. The van der Waals surface area contributed by atoms with Gasteiger partial charge in [0.25, 0.3) is 0 Å². The molecule has 1 aliphatic heterocycles. The third-order valence-electron chi connectivity index (χ3n) is 6.82. The number of amides is 1. The first-order chi connectivity index (χ1) is 14.9. The van der Waals surface area contributed by atoms with Gasteiger partial charge >= 0.3 is 0 Å². The van der Waals surface area contributed by atoms with E-state index in [1.807, 2.05) is 19.1 Å². The summed E-state index contributed by atoms with van der Waals surface area (Å²) in [6, 6.07) is 8.37. The van der Waals surface area contributed by atoms with Crippen LogP contribution in [0, 0.1) is 30.5 Å². The Morgan fingerprint density at radius 1 is 1.13 bits per heavy atom. The first kappa shape index (κ1) is 20.0. The van der Waals surface area contributed by atoms with Crippen molar-refractivity contribution >= 4 is 11.7 Å². The van der Waals surface area contributed by atoms with Gasteiger partial charge in [-0.2, -0.15) is 0 Å². The van der Waals surface area contributed by atoms with E-state index in [1.165, 1.54) is 19.1 Å². The van der Waals surface area contributed by atoms with E-state index in [1.54, 1.807) is 6.07 Å². The molecule has 1 N–H and O–H groups in total. The van der Waals surface area contributed by atoms with Crippen LogP contribution in [-0.2, 0) is 11.2 Å². The Kier molecular flexibility index (Phi) is 4.92. The van der Waals surface area contributed by atoms with Crippen LogP contribution in [0.5, 0.6) is 5.75 Å². The van der Waals surface area contributed by atoms with E-state index in [2.05, 4.69) is 17.5 Å². The number of rotatable bonds is 5. The van der Waals surface area contributed by atoms with E-state index < -0.39 is 0 Å². The first-order valence-corrected chi connectivity index (χ1v) is 11.0. The van der Waals surface area contributed by atoms with Crippen molar-refractivity contribution in [2.75, 3.05) is 6.54 Å². The van der Waals surface area contributed by atoms with Gasteiger partial charge < -0.3 is 10.1 Å². The normalized spacial score (nSPS) is 25.4. The molecule has 3 aliphatic rings. The highest BCUT2D eigenvalue weighted by Gasteiger charge is 2.40. The highest BCUT2D eigenvalue weighted by atomic mass is 19.1. The van der Waals surface area contributed by atoms with E-state index in [4.69, 9.17) is 4.74 Å². The van der Waals surface area contributed by atoms with Gasteiger partial charge in [-0.3, -0.25) is 9.59 Å². The number of fused-ring (bicyclic) bond motifs is 3. The zero-order chi connectivity index (χ0) is 21.7. The van der Waals surface area contributed by atoms with E-state index >= 15 is 0 Å². The minimum Gasteiger partial charge on any atom is -0.487 e. The lowest BCUT2D eigenvalue weighted by Gasteiger charge is -2.19. The second-order valence-electron chi connectivity index (χ2n) is 9.13. The van der Waals surface area contributed by atoms with Crippen LogP contribution in [0.4, 0.5) is 4.39 Å². The maximum absolute atomic E-state index is 14.7. The summed E-state index contributed by atoms with van der Waals surface area (Å²) < 4.78 is 20.9. The average molecular weight is 419 g/mol. The van der Waals surface area contributed by atoms with Crippen molar-refractivity contribution in [3.05, 3.63) is 65.0 Å². The van der Waals surface area contributed by atoms with Gasteiger partial charge in [0.15, 0.2) is 5.78 Å². The number of Topliss-reactive ketones (excluding diaryl/α,β-unsaturated/α-hetero) is 1. The fourth-order valence-electron chi connectivity index (χ4n) is 5.28. The lowest BCUT2D eigenvalue weighted by molar-refractivity contribution is -0.126. The molecule has 1 unspecified atom stereocenters. The van der Waals surface area contributed by atoms with Gasteiger partial charge in [0.2, 0.25) is 5.91 Å². The van der Waals surface area contributed by atoms with Crippen LogP contribution in [-0.4, -0.2) is 24.3 Å². The predicted octanol–water partition coefficient (Wildman–Crippen LogP) is 4.64. The molecule has 1 fully saturated rings. The van der Waals surface area contributed by atoms with E-state index in [9.17, 15) is 14.0 Å². The molecule has 4 atom stereocenters. The summed E-state index contributed by atoms with van der Waals surface area (Å²) in [4.78, 5) is 24.5. The third kappa shape index (κ3) is 3.67. The van der Waals surface area contributed by atoms with Gasteiger partial charge in [-0.25, -0.2) is 4.39 Å². The van der Waals surface area contributed by atoms with Crippen molar-refractivity contribution in [3.63, 3.8) is 0 Å². The molecular weight excluding hydrogens is 393 g/mol. The number of hydrogen-bond acceptors (Lipinski definition) is 3. The molecule has 2 aromatic carbocycles. The van der Waals surface area contributed by atoms with Crippen LogP contribution in [0.1, 0.15) is 41.3 Å². The first-order valence-electron chi connectivity index (χ1n) is 11.0. The number of ketones is 1. The van der Waals surface area contributed by atoms with Crippen LogP contribution in [0.3, 0.4) is 0 Å². The second-order valence-corrected chi connectivity index (χ2v) is 9.13. The minimum atomic E-state index is -0.387. The number of nitrogens with one attached hydrogen (secondary N) is 1. The molecule has 31 heavy (non-hydrogen) atoms. The highest BCUT2D eigenvalue weighted by Crippen LogP contribution is 2.44. The Hall–Kier alpha value is -2.95. The highest BCUT2D eigenvalue weighted by molar-refractivity contribution is 5.95. The van der Waals surface area contributed by atoms with Gasteiger partial charge in [-0.05, 0) is 73.9 Å². The topological polar surface area (TPSA) is 55.4 Å². The number of ether oxygens (including phenoxy) is 1. The standard InChI is InChI=1S/C26H26FNO3/c1-14-7-19-11-20(13-28-26(30)21-10-16-3-4-18(21)9-16)31-25(19)23(8-14)22-12-17(15(2)29)5-6-24(22)27/h3-8,12,16,18,20-21H,9-11,13H2,1-2H3,(H,28,30)/t16-,18+,20?,21+/m0/s1. The van der Waals surface area contributed by atoms with Gasteiger partial charge in [-0.15, -0.1) is 0 Å². The summed E-state index contributed by atoms with van der Waals surface area (Å²) in [7, 11) is 0. The average Bonchev–Trinajstić information content (AvgIpc) is 3.47. The summed E-state index contributed by atoms with van der Waals surface area (Å²) in [5.41, 5.74) is 3.50. The Morgan fingerprint density at radius 3 is 2.68 bits per heavy atom. The number of carbonyl (C=O) groups excluding carboxylic acids is 2. The molecule has 0 saturated heterocycles. The van der Waals surface area contributed by atoms with Crippen LogP contribution in [0.25, 0.3) is 11.1 Å². The third-order valence-corrected chi connectivity index (χ3v) is 6.82. The van der Waals surface area contributed by atoms with E-state index in [-0.39, 0.29) is 29.5 Å². The molecule has 0 radical (unpaired) electrons. The summed E-state index contributed by atoms with van der Waals surface area (Å²) in [6.07, 6.45) is 6.92. The fraction of sp³-hybridized carbons (Fsp3) is 0.385. The molecule has 0 aromatic heterocycles. The number of carbonyl (C=O) groups is 2. The van der Waals surface area contributed by atoms with Crippen LogP contribution >= 0.6 is 0 Å². The van der Waals surface area contributed by atoms with Crippen LogP contribution < -0.4 is 10.1 Å². The summed E-state index contributed by atoms with van der Waals surface area (Å²) in [5, 5.41) is 3.08. The smallest absolute Gasteiger partial charge is 0.223 e. The molecule has 5 heteroatoms. The molecule has 2 bridgehead atoms. The summed E-state index contributed by atoms with van der Waals surface area (Å²) >= 11 is 0. The number of benzene rings is 2. The van der Waals surface area contributed by atoms with Crippen molar-refractivity contribution < 1.29 is 18.7 Å². The number of aryl methyl sites for hydroxylation is 1. The van der Waals surface area contributed by atoms with Gasteiger partial charge in [0.1, 0.15) is 17.7 Å². The monoisotopic (exact) mass is 419 g/mol. The molecule has 2 aliphatic carbocycles. The maximum Gasteiger partial charge on any atom is 0.223 e. The van der Waals surface area contributed by atoms with Crippen molar-refractivity contribution in [2.24, 2.45) is 17.8 Å². The molecule has 160 valence electrons. The van der Waals surface area contributed by atoms with E-state index in [0.717, 1.165) is 24.0 Å². The quantitative estimate of drug-likeness (QED) is 0.568. The lowest BCUT2D eigenvalue weighted by Crippen LogP contribution is -2.39. The summed E-state index contributed by atoms with van der Waals surface area (Å²) in [5.74, 6) is 1.25. The van der Waals surface area contributed by atoms with Gasteiger partial charge in [-0.1, -0.05) is 18.2 Å². The largest absolute Gasteiger partial charge is 0.487 e.